The summed E-state index contributed by atoms with van der Waals surface area (Å²) in [5.74, 6) is 0.875. The Hall–Kier alpha value is -1.53. The van der Waals surface area contributed by atoms with Gasteiger partial charge in [0.25, 0.3) is 0 Å². The van der Waals surface area contributed by atoms with Crippen molar-refractivity contribution in [2.24, 2.45) is 11.1 Å². The third-order valence-corrected chi connectivity index (χ3v) is 3.94. The zero-order valence-electron chi connectivity index (χ0n) is 10.6. The van der Waals surface area contributed by atoms with Gasteiger partial charge in [-0.05, 0) is 49.4 Å². The maximum atomic E-state index is 9.19. The molecule has 1 aromatic carbocycles. The van der Waals surface area contributed by atoms with Gasteiger partial charge in [0.1, 0.15) is 5.75 Å². The molecule has 1 fully saturated rings. The Morgan fingerprint density at radius 3 is 2.47 bits per heavy atom. The molecule has 1 aliphatic carbocycles. The van der Waals surface area contributed by atoms with Crippen LogP contribution in [0.5, 0.6) is 5.75 Å². The van der Waals surface area contributed by atoms with Gasteiger partial charge in [0.2, 0.25) is 0 Å². The van der Waals surface area contributed by atoms with Crippen molar-refractivity contribution in [3.05, 3.63) is 28.8 Å². The molecule has 1 aliphatic rings. The first-order chi connectivity index (χ1) is 8.05. The van der Waals surface area contributed by atoms with Crippen LogP contribution >= 0.6 is 0 Å². The number of rotatable bonds is 3. The van der Waals surface area contributed by atoms with Crippen molar-refractivity contribution in [2.75, 3.05) is 7.11 Å². The van der Waals surface area contributed by atoms with Crippen LogP contribution in [0.15, 0.2) is 12.1 Å². The average Bonchev–Trinajstić information content (AvgIpc) is 3.13. The zero-order chi connectivity index (χ0) is 12.6. The third kappa shape index (κ3) is 1.79. The molecule has 0 amide bonds. The van der Waals surface area contributed by atoms with E-state index in [4.69, 9.17) is 10.5 Å². The fourth-order valence-electron chi connectivity index (χ4n) is 2.30. The van der Waals surface area contributed by atoms with Crippen LogP contribution in [-0.4, -0.2) is 7.11 Å². The molecule has 0 aliphatic heterocycles. The lowest BCUT2D eigenvalue weighted by atomic mass is 9.88. The van der Waals surface area contributed by atoms with Crippen LogP contribution in [0.25, 0.3) is 0 Å². The quantitative estimate of drug-likeness (QED) is 0.868. The predicted octanol–water partition coefficient (Wildman–Crippen LogP) is 2.62. The Morgan fingerprint density at radius 2 is 2.00 bits per heavy atom. The second-order valence-corrected chi connectivity index (χ2v) is 4.85. The topological polar surface area (TPSA) is 59.0 Å². The zero-order valence-corrected chi connectivity index (χ0v) is 10.6. The highest BCUT2D eigenvalue weighted by Crippen LogP contribution is 2.54. The summed E-state index contributed by atoms with van der Waals surface area (Å²) < 4.78 is 5.28. The number of hydrogen-bond donors (Lipinski definition) is 1. The van der Waals surface area contributed by atoms with Gasteiger partial charge in [-0.1, -0.05) is 6.07 Å². The van der Waals surface area contributed by atoms with Gasteiger partial charge in [-0.3, -0.25) is 0 Å². The number of benzene rings is 1. The molecule has 1 unspecified atom stereocenters. The molecule has 1 saturated carbocycles. The van der Waals surface area contributed by atoms with Crippen molar-refractivity contribution in [1.29, 1.82) is 5.26 Å². The molecule has 3 nitrogen and oxygen atoms in total. The summed E-state index contributed by atoms with van der Waals surface area (Å²) >= 11 is 0. The summed E-state index contributed by atoms with van der Waals surface area (Å²) in [7, 11) is 1.67. The van der Waals surface area contributed by atoms with Crippen molar-refractivity contribution >= 4 is 0 Å². The van der Waals surface area contributed by atoms with E-state index in [1.165, 1.54) is 0 Å². The highest BCUT2D eigenvalue weighted by atomic mass is 16.5. The second kappa shape index (κ2) is 4.05. The van der Waals surface area contributed by atoms with E-state index in [-0.39, 0.29) is 11.5 Å². The fraction of sp³-hybridized carbons (Fsp3) is 0.500. The number of ether oxygens (including phenoxy) is 1. The molecule has 0 aromatic heterocycles. The minimum atomic E-state index is -0.328. The van der Waals surface area contributed by atoms with Crippen molar-refractivity contribution in [3.8, 4) is 11.8 Å². The van der Waals surface area contributed by atoms with Crippen molar-refractivity contribution in [3.63, 3.8) is 0 Å². The SMILES string of the molecule is COc1ccc(C(N)C2(C#N)CC2)c(C)c1C. The van der Waals surface area contributed by atoms with Gasteiger partial charge in [0.05, 0.1) is 18.6 Å². The van der Waals surface area contributed by atoms with Gasteiger partial charge in [0, 0.05) is 6.04 Å². The summed E-state index contributed by atoms with van der Waals surface area (Å²) in [5.41, 5.74) is 9.23. The van der Waals surface area contributed by atoms with Crippen LogP contribution in [0.3, 0.4) is 0 Å². The first-order valence-electron chi connectivity index (χ1n) is 5.86. The molecule has 17 heavy (non-hydrogen) atoms. The predicted molar refractivity (Wildman–Crippen MR) is 66.7 cm³/mol. The number of methoxy groups -OCH3 is 1. The molecule has 2 rings (SSSR count). The Balaban J connectivity index is 2.41. The van der Waals surface area contributed by atoms with Crippen LogP contribution in [0, 0.1) is 30.6 Å². The number of hydrogen-bond acceptors (Lipinski definition) is 3. The van der Waals surface area contributed by atoms with Crippen LogP contribution in [-0.2, 0) is 0 Å². The van der Waals surface area contributed by atoms with Gasteiger partial charge in [-0.15, -0.1) is 0 Å². The van der Waals surface area contributed by atoms with E-state index >= 15 is 0 Å². The lowest BCUT2D eigenvalue weighted by molar-refractivity contribution is 0.410. The van der Waals surface area contributed by atoms with Crippen molar-refractivity contribution < 1.29 is 4.74 Å². The Morgan fingerprint density at radius 1 is 1.35 bits per heavy atom. The summed E-state index contributed by atoms with van der Waals surface area (Å²) in [5, 5.41) is 9.19. The number of nitrogens with two attached hydrogens (primary N) is 1. The molecule has 1 aromatic rings. The summed E-state index contributed by atoms with van der Waals surface area (Å²) in [6, 6.07) is 6.11. The van der Waals surface area contributed by atoms with Gasteiger partial charge in [-0.25, -0.2) is 0 Å². The lowest BCUT2D eigenvalue weighted by Gasteiger charge is -2.21. The van der Waals surface area contributed by atoms with Gasteiger partial charge >= 0.3 is 0 Å². The highest BCUT2D eigenvalue weighted by molar-refractivity contribution is 5.46. The minimum Gasteiger partial charge on any atom is -0.496 e. The standard InChI is InChI=1S/C14H18N2O/c1-9-10(2)12(17-3)5-4-11(9)13(16)14(8-15)6-7-14/h4-5,13H,6-7,16H2,1-3H3. The molecular weight excluding hydrogens is 212 g/mol. The fourth-order valence-corrected chi connectivity index (χ4v) is 2.30. The Kier molecular flexibility index (Phi) is 2.84. The van der Waals surface area contributed by atoms with Crippen molar-refractivity contribution in [2.45, 2.75) is 32.7 Å². The molecule has 0 spiro atoms. The van der Waals surface area contributed by atoms with E-state index < -0.39 is 0 Å². The molecule has 3 heteroatoms. The van der Waals surface area contributed by atoms with Gasteiger partial charge in [-0.2, -0.15) is 5.26 Å². The van der Waals surface area contributed by atoms with E-state index in [9.17, 15) is 5.26 Å². The number of nitriles is 1. The van der Waals surface area contributed by atoms with E-state index in [0.717, 1.165) is 35.3 Å². The monoisotopic (exact) mass is 230 g/mol. The maximum Gasteiger partial charge on any atom is 0.122 e. The first kappa shape index (κ1) is 11.9. The third-order valence-electron chi connectivity index (χ3n) is 3.94. The first-order valence-corrected chi connectivity index (χ1v) is 5.86. The molecule has 1 atom stereocenters. The number of nitrogens with zero attached hydrogens (tertiary/aromatic N) is 1. The van der Waals surface area contributed by atoms with Crippen molar-refractivity contribution in [1.82, 2.24) is 0 Å². The molecule has 0 bridgehead atoms. The maximum absolute atomic E-state index is 9.19. The summed E-state index contributed by atoms with van der Waals surface area (Å²) in [4.78, 5) is 0. The van der Waals surface area contributed by atoms with E-state index in [1.54, 1.807) is 7.11 Å². The van der Waals surface area contributed by atoms with Crippen LogP contribution in [0.2, 0.25) is 0 Å². The Bertz CT molecular complexity index is 484. The van der Waals surface area contributed by atoms with Crippen LogP contribution in [0.4, 0.5) is 0 Å². The van der Waals surface area contributed by atoms with Gasteiger partial charge in [0.15, 0.2) is 0 Å². The molecule has 0 saturated heterocycles. The molecule has 0 heterocycles. The molecule has 0 radical (unpaired) electrons. The molecular formula is C14H18N2O. The smallest absolute Gasteiger partial charge is 0.122 e. The molecule has 2 N–H and O–H groups in total. The van der Waals surface area contributed by atoms with E-state index in [0.29, 0.717) is 0 Å². The molecule has 90 valence electrons. The van der Waals surface area contributed by atoms with E-state index in [1.807, 2.05) is 26.0 Å². The normalized spacial score (nSPS) is 18.3. The lowest BCUT2D eigenvalue weighted by Crippen LogP contribution is -2.22. The van der Waals surface area contributed by atoms with Crippen LogP contribution in [0.1, 0.15) is 35.6 Å². The highest BCUT2D eigenvalue weighted by Gasteiger charge is 2.49. The largest absolute Gasteiger partial charge is 0.496 e. The van der Waals surface area contributed by atoms with E-state index in [2.05, 4.69) is 6.07 Å². The Labute approximate surface area is 102 Å². The van der Waals surface area contributed by atoms with Gasteiger partial charge < -0.3 is 10.5 Å². The van der Waals surface area contributed by atoms with Crippen LogP contribution < -0.4 is 10.5 Å². The summed E-state index contributed by atoms with van der Waals surface area (Å²) in [6.07, 6.45) is 1.82. The second-order valence-electron chi connectivity index (χ2n) is 4.85. The average molecular weight is 230 g/mol. The minimum absolute atomic E-state index is 0.183. The summed E-state index contributed by atoms with van der Waals surface area (Å²) in [6.45, 7) is 4.07.